The van der Waals surface area contributed by atoms with Gasteiger partial charge in [-0.05, 0) is 5.56 Å². The van der Waals surface area contributed by atoms with Crippen LogP contribution in [-0.4, -0.2) is 61.1 Å². The lowest BCUT2D eigenvalue weighted by Gasteiger charge is -2.15. The Labute approximate surface area is 141 Å². The number of benzene rings is 1. The lowest BCUT2D eigenvalue weighted by atomic mass is 10.1. The summed E-state index contributed by atoms with van der Waals surface area (Å²) in [6, 6.07) is 9.42. The van der Waals surface area contributed by atoms with Crippen LogP contribution in [0.4, 0.5) is 0 Å². The Hall–Kier alpha value is -1.04. The summed E-state index contributed by atoms with van der Waals surface area (Å²) in [7, 11) is -7.30. The van der Waals surface area contributed by atoms with Crippen LogP contribution in [0, 0.1) is 0 Å². The maximum Gasteiger partial charge on any atom is 0.264 e. The van der Waals surface area contributed by atoms with E-state index in [1.165, 1.54) is 0 Å². The molecule has 2 unspecified atom stereocenters. The zero-order chi connectivity index (χ0) is 17.8. The second-order valence-electron chi connectivity index (χ2n) is 5.45. The van der Waals surface area contributed by atoms with E-state index in [1.54, 1.807) is 0 Å². The van der Waals surface area contributed by atoms with Gasteiger partial charge in [0.05, 0.1) is 25.7 Å². The maximum absolute atomic E-state index is 11.1. The number of hydrogen-bond donors (Lipinski definition) is 0. The molecule has 1 aliphatic rings. The zero-order valence-corrected chi connectivity index (χ0v) is 15.0. The van der Waals surface area contributed by atoms with E-state index in [1.807, 2.05) is 30.3 Å². The molecule has 0 N–H and O–H groups in total. The van der Waals surface area contributed by atoms with Crippen LogP contribution in [0.2, 0.25) is 0 Å². The molecule has 2 atom stereocenters. The van der Waals surface area contributed by atoms with Crippen molar-refractivity contribution in [3.8, 4) is 0 Å². The Balaban J connectivity index is 2.00. The standard InChI is InChI=1S/C14H20O8S2/c1-23(15,16)19-9-12-13(10-20-24(2,17)18)22-14(21-12)8-11-6-4-3-5-7-11/h3-7,12-14H,8-10H2,1-2H3. The molecule has 1 heterocycles. The third-order valence-corrected chi connectivity index (χ3v) is 4.33. The van der Waals surface area contributed by atoms with E-state index in [2.05, 4.69) is 0 Å². The molecule has 0 amide bonds. The van der Waals surface area contributed by atoms with Crippen molar-refractivity contribution in [1.82, 2.24) is 0 Å². The molecule has 0 aliphatic carbocycles. The van der Waals surface area contributed by atoms with Gasteiger partial charge in [-0.2, -0.15) is 16.8 Å². The van der Waals surface area contributed by atoms with Crippen molar-refractivity contribution in [2.75, 3.05) is 25.7 Å². The first kappa shape index (κ1) is 19.3. The first-order valence-corrected chi connectivity index (χ1v) is 10.8. The maximum atomic E-state index is 11.1. The van der Waals surface area contributed by atoms with Crippen LogP contribution in [0.25, 0.3) is 0 Å². The largest absolute Gasteiger partial charge is 0.344 e. The normalized spacial score (nSPS) is 25.0. The van der Waals surface area contributed by atoms with Crippen molar-refractivity contribution < 1.29 is 34.7 Å². The molecule has 1 aromatic rings. The van der Waals surface area contributed by atoms with E-state index >= 15 is 0 Å². The minimum Gasteiger partial charge on any atom is -0.344 e. The molecular weight excluding hydrogens is 360 g/mol. The molecule has 0 radical (unpaired) electrons. The summed E-state index contributed by atoms with van der Waals surface area (Å²) < 4.78 is 65.3. The Bertz CT molecular complexity index is 685. The van der Waals surface area contributed by atoms with E-state index in [0.717, 1.165) is 18.1 Å². The Morgan fingerprint density at radius 3 is 1.75 bits per heavy atom. The van der Waals surface area contributed by atoms with Crippen molar-refractivity contribution >= 4 is 20.2 Å². The fourth-order valence-corrected chi connectivity index (χ4v) is 2.94. The summed E-state index contributed by atoms with van der Waals surface area (Å²) in [5.74, 6) is 0. The second kappa shape index (κ2) is 7.89. The van der Waals surface area contributed by atoms with E-state index < -0.39 is 38.7 Å². The third kappa shape index (κ3) is 6.83. The van der Waals surface area contributed by atoms with Crippen molar-refractivity contribution in [2.24, 2.45) is 0 Å². The Morgan fingerprint density at radius 2 is 1.33 bits per heavy atom. The van der Waals surface area contributed by atoms with E-state index in [4.69, 9.17) is 17.8 Å². The minimum atomic E-state index is -3.65. The van der Waals surface area contributed by atoms with Gasteiger partial charge < -0.3 is 9.47 Å². The molecule has 1 fully saturated rings. The van der Waals surface area contributed by atoms with Crippen LogP contribution in [0.1, 0.15) is 5.56 Å². The quantitative estimate of drug-likeness (QED) is 0.593. The van der Waals surface area contributed by atoms with Gasteiger partial charge >= 0.3 is 0 Å². The Kier molecular flexibility index (Phi) is 6.34. The van der Waals surface area contributed by atoms with Gasteiger partial charge in [0.25, 0.3) is 20.2 Å². The van der Waals surface area contributed by atoms with Gasteiger partial charge in [-0.1, -0.05) is 30.3 Å². The summed E-state index contributed by atoms with van der Waals surface area (Å²) >= 11 is 0. The van der Waals surface area contributed by atoms with Crippen molar-refractivity contribution in [2.45, 2.75) is 24.9 Å². The monoisotopic (exact) mass is 380 g/mol. The van der Waals surface area contributed by atoms with Gasteiger partial charge in [0.1, 0.15) is 12.2 Å². The number of rotatable bonds is 8. The van der Waals surface area contributed by atoms with Gasteiger partial charge in [0, 0.05) is 6.42 Å². The highest BCUT2D eigenvalue weighted by Crippen LogP contribution is 2.23. The molecule has 24 heavy (non-hydrogen) atoms. The molecule has 2 rings (SSSR count). The molecule has 0 bridgehead atoms. The average Bonchev–Trinajstić information content (AvgIpc) is 2.85. The molecule has 136 valence electrons. The van der Waals surface area contributed by atoms with E-state index in [0.29, 0.717) is 6.42 Å². The predicted octanol–water partition coefficient (Wildman–Crippen LogP) is 0.292. The molecular formula is C14H20O8S2. The first-order valence-electron chi connectivity index (χ1n) is 7.16. The van der Waals surface area contributed by atoms with Crippen LogP contribution >= 0.6 is 0 Å². The van der Waals surface area contributed by atoms with Crippen molar-refractivity contribution in [3.63, 3.8) is 0 Å². The minimum absolute atomic E-state index is 0.276. The van der Waals surface area contributed by atoms with E-state index in [-0.39, 0.29) is 13.2 Å². The van der Waals surface area contributed by atoms with Gasteiger partial charge in [-0.15, -0.1) is 0 Å². The summed E-state index contributed by atoms with van der Waals surface area (Å²) in [5, 5.41) is 0. The van der Waals surface area contributed by atoms with Crippen LogP contribution in [0.15, 0.2) is 30.3 Å². The fraction of sp³-hybridized carbons (Fsp3) is 0.571. The first-order chi connectivity index (χ1) is 11.1. The van der Waals surface area contributed by atoms with Gasteiger partial charge in [-0.3, -0.25) is 8.37 Å². The smallest absolute Gasteiger partial charge is 0.264 e. The van der Waals surface area contributed by atoms with Gasteiger partial charge in [0.2, 0.25) is 0 Å². The van der Waals surface area contributed by atoms with Gasteiger partial charge in [0.15, 0.2) is 6.29 Å². The van der Waals surface area contributed by atoms with Crippen molar-refractivity contribution in [3.05, 3.63) is 35.9 Å². The summed E-state index contributed by atoms with van der Waals surface area (Å²) in [4.78, 5) is 0. The average molecular weight is 380 g/mol. The molecule has 8 nitrogen and oxygen atoms in total. The second-order valence-corrected chi connectivity index (χ2v) is 8.73. The third-order valence-electron chi connectivity index (χ3n) is 3.21. The van der Waals surface area contributed by atoms with Crippen LogP contribution in [-0.2, 0) is 44.5 Å². The number of ether oxygens (including phenoxy) is 2. The zero-order valence-electron chi connectivity index (χ0n) is 13.3. The SMILES string of the molecule is CS(=O)(=O)OCC1OC(Cc2ccccc2)OC1COS(C)(=O)=O. The molecule has 0 spiro atoms. The predicted molar refractivity (Wildman–Crippen MR) is 85.3 cm³/mol. The van der Waals surface area contributed by atoms with Crippen molar-refractivity contribution in [1.29, 1.82) is 0 Å². The molecule has 1 saturated heterocycles. The lowest BCUT2D eigenvalue weighted by Crippen LogP contribution is -2.33. The highest BCUT2D eigenvalue weighted by molar-refractivity contribution is 7.86. The molecule has 10 heteroatoms. The van der Waals surface area contributed by atoms with Crippen LogP contribution < -0.4 is 0 Å². The summed E-state index contributed by atoms with van der Waals surface area (Å²) in [5.41, 5.74) is 0.968. The topological polar surface area (TPSA) is 105 Å². The summed E-state index contributed by atoms with van der Waals surface area (Å²) in [6.07, 6.45) is 0.128. The lowest BCUT2D eigenvalue weighted by molar-refractivity contribution is -0.0704. The molecule has 1 aliphatic heterocycles. The molecule has 0 saturated carbocycles. The van der Waals surface area contributed by atoms with Gasteiger partial charge in [-0.25, -0.2) is 0 Å². The van der Waals surface area contributed by atoms with Crippen LogP contribution in [0.5, 0.6) is 0 Å². The van der Waals surface area contributed by atoms with Crippen LogP contribution in [0.3, 0.4) is 0 Å². The highest BCUT2D eigenvalue weighted by atomic mass is 32.2. The fourth-order valence-electron chi connectivity index (χ4n) is 2.17. The van der Waals surface area contributed by atoms with E-state index in [9.17, 15) is 16.8 Å². The molecule has 1 aromatic carbocycles. The Morgan fingerprint density at radius 1 is 0.875 bits per heavy atom. The highest BCUT2D eigenvalue weighted by Gasteiger charge is 2.37. The number of hydrogen-bond acceptors (Lipinski definition) is 8. The summed E-state index contributed by atoms with van der Waals surface area (Å²) in [6.45, 7) is -0.552. The molecule has 0 aromatic heterocycles.